The van der Waals surface area contributed by atoms with E-state index in [0.29, 0.717) is 5.02 Å². The summed E-state index contributed by atoms with van der Waals surface area (Å²) in [6, 6.07) is 4.81. The van der Waals surface area contributed by atoms with Crippen LogP contribution in [-0.2, 0) is 9.53 Å². The average Bonchev–Trinajstić information content (AvgIpc) is 2.76. The third kappa shape index (κ3) is 3.95. The van der Waals surface area contributed by atoms with Crippen LogP contribution in [0.4, 0.5) is 0 Å². The number of nitrogens with zero attached hydrogens (tertiary/aromatic N) is 1. The number of carbonyl (C=O) groups is 2. The largest absolute Gasteiger partial charge is 0.452 e. The second kappa shape index (κ2) is 6.48. The number of halogens is 2. The van der Waals surface area contributed by atoms with Crippen molar-refractivity contribution in [3.63, 3.8) is 0 Å². The Labute approximate surface area is 158 Å². The lowest BCUT2D eigenvalue weighted by atomic mass is 9.65. The van der Waals surface area contributed by atoms with Crippen molar-refractivity contribution in [2.24, 2.45) is 10.8 Å². The quantitative estimate of drug-likeness (QED) is 0.717. The number of ether oxygens (including phenoxy) is 1. The molecule has 1 saturated carbocycles. The van der Waals surface area contributed by atoms with Gasteiger partial charge in [0.15, 0.2) is 6.61 Å². The molecule has 2 aliphatic rings. The van der Waals surface area contributed by atoms with E-state index in [-0.39, 0.29) is 40.0 Å². The summed E-state index contributed by atoms with van der Waals surface area (Å²) < 4.78 is 5.20. The Kier molecular flexibility index (Phi) is 4.80. The maximum absolute atomic E-state index is 12.6. The number of fused-ring (bicyclic) bond motifs is 2. The van der Waals surface area contributed by atoms with Crippen molar-refractivity contribution in [2.75, 3.05) is 13.2 Å². The third-order valence-electron chi connectivity index (χ3n) is 5.21. The minimum Gasteiger partial charge on any atom is -0.452 e. The number of benzene rings is 1. The molecule has 1 aromatic carbocycles. The highest BCUT2D eigenvalue weighted by atomic mass is 35.5. The molecule has 6 heteroatoms. The van der Waals surface area contributed by atoms with Gasteiger partial charge in [0.25, 0.3) is 5.91 Å². The predicted octanol–water partition coefficient (Wildman–Crippen LogP) is 4.58. The smallest absolute Gasteiger partial charge is 0.340 e. The fourth-order valence-electron chi connectivity index (χ4n) is 4.69. The molecule has 2 bridgehead atoms. The van der Waals surface area contributed by atoms with Gasteiger partial charge in [-0.05, 0) is 48.3 Å². The van der Waals surface area contributed by atoms with Crippen molar-refractivity contribution >= 4 is 35.1 Å². The molecule has 2 atom stereocenters. The number of esters is 1. The first-order valence-electron chi connectivity index (χ1n) is 8.50. The van der Waals surface area contributed by atoms with Crippen LogP contribution in [0.1, 0.15) is 50.4 Å². The highest BCUT2D eigenvalue weighted by Gasteiger charge is 2.50. The summed E-state index contributed by atoms with van der Waals surface area (Å²) in [6.45, 7) is 7.22. The van der Waals surface area contributed by atoms with Gasteiger partial charge in [-0.25, -0.2) is 4.79 Å². The number of likely N-dealkylation sites (tertiary alicyclic amines) is 1. The standard InChI is InChI=1S/C19H23Cl2NO3/c1-18(2)7-13-8-19(3,10-18)11-22(13)16(23)9-25-17(24)14-6-12(20)4-5-15(14)21/h4-6,13H,7-11H2,1-3H3. The molecule has 1 aliphatic heterocycles. The summed E-state index contributed by atoms with van der Waals surface area (Å²) >= 11 is 11.9. The molecule has 1 heterocycles. The minimum absolute atomic E-state index is 0.141. The molecule has 2 unspecified atom stereocenters. The van der Waals surface area contributed by atoms with Gasteiger partial charge in [0.05, 0.1) is 10.6 Å². The van der Waals surface area contributed by atoms with Crippen molar-refractivity contribution < 1.29 is 14.3 Å². The molecular weight excluding hydrogens is 361 g/mol. The molecule has 4 nitrogen and oxygen atoms in total. The van der Waals surface area contributed by atoms with Gasteiger partial charge in [0, 0.05) is 17.6 Å². The van der Waals surface area contributed by atoms with Crippen LogP contribution in [0.25, 0.3) is 0 Å². The molecule has 1 aromatic rings. The van der Waals surface area contributed by atoms with Gasteiger partial charge in [-0.3, -0.25) is 4.79 Å². The molecule has 0 spiro atoms. The number of rotatable bonds is 3. The number of hydrogen-bond donors (Lipinski definition) is 0. The maximum atomic E-state index is 12.6. The van der Waals surface area contributed by atoms with E-state index in [1.165, 1.54) is 12.1 Å². The molecule has 136 valence electrons. The van der Waals surface area contributed by atoms with Crippen LogP contribution in [0, 0.1) is 10.8 Å². The summed E-state index contributed by atoms with van der Waals surface area (Å²) in [7, 11) is 0. The normalized spacial score (nSPS) is 27.2. The van der Waals surface area contributed by atoms with Gasteiger partial charge >= 0.3 is 5.97 Å². The number of amides is 1. The molecule has 1 saturated heterocycles. The lowest BCUT2D eigenvalue weighted by molar-refractivity contribution is -0.135. The Morgan fingerprint density at radius 1 is 1.24 bits per heavy atom. The summed E-state index contributed by atoms with van der Waals surface area (Å²) in [4.78, 5) is 26.7. The van der Waals surface area contributed by atoms with Gasteiger partial charge in [-0.1, -0.05) is 44.0 Å². The Morgan fingerprint density at radius 2 is 1.96 bits per heavy atom. The Balaban J connectivity index is 1.64. The van der Waals surface area contributed by atoms with E-state index in [9.17, 15) is 9.59 Å². The van der Waals surface area contributed by atoms with E-state index in [2.05, 4.69) is 20.8 Å². The first kappa shape index (κ1) is 18.5. The highest BCUT2D eigenvalue weighted by Crippen LogP contribution is 2.52. The van der Waals surface area contributed by atoms with Crippen LogP contribution >= 0.6 is 23.2 Å². The van der Waals surface area contributed by atoms with Crippen LogP contribution in [0.5, 0.6) is 0 Å². The van der Waals surface area contributed by atoms with Crippen LogP contribution in [-0.4, -0.2) is 36.0 Å². The zero-order valence-corrected chi connectivity index (χ0v) is 16.3. The minimum atomic E-state index is -0.630. The van der Waals surface area contributed by atoms with Crippen LogP contribution in [0.3, 0.4) is 0 Å². The summed E-state index contributed by atoms with van der Waals surface area (Å²) in [5, 5.41) is 0.652. The second-order valence-electron chi connectivity index (χ2n) is 8.44. The third-order valence-corrected chi connectivity index (χ3v) is 5.77. The van der Waals surface area contributed by atoms with E-state index in [1.54, 1.807) is 6.07 Å². The van der Waals surface area contributed by atoms with Gasteiger partial charge in [0.2, 0.25) is 0 Å². The molecule has 1 amide bonds. The molecule has 0 N–H and O–H groups in total. The number of hydrogen-bond acceptors (Lipinski definition) is 3. The van der Waals surface area contributed by atoms with Crippen molar-refractivity contribution in [3.8, 4) is 0 Å². The topological polar surface area (TPSA) is 46.6 Å². The fraction of sp³-hybridized carbons (Fsp3) is 0.579. The van der Waals surface area contributed by atoms with Crippen molar-refractivity contribution in [1.29, 1.82) is 0 Å². The molecule has 0 aromatic heterocycles. The Bertz CT molecular complexity index is 719. The van der Waals surface area contributed by atoms with Gasteiger partial charge in [-0.2, -0.15) is 0 Å². The summed E-state index contributed by atoms with van der Waals surface area (Å²) in [5.74, 6) is -0.771. The Morgan fingerprint density at radius 3 is 2.68 bits per heavy atom. The fourth-order valence-corrected chi connectivity index (χ4v) is 5.06. The van der Waals surface area contributed by atoms with Crippen LogP contribution in [0.2, 0.25) is 10.0 Å². The SMILES string of the molecule is CC1(C)CC2CC(C)(CN2C(=O)COC(=O)c2cc(Cl)ccc2Cl)C1. The van der Waals surface area contributed by atoms with Gasteiger partial charge in [-0.15, -0.1) is 0 Å². The Hall–Kier alpha value is -1.26. The van der Waals surface area contributed by atoms with Gasteiger partial charge in [0.1, 0.15) is 0 Å². The van der Waals surface area contributed by atoms with Crippen LogP contribution < -0.4 is 0 Å². The van der Waals surface area contributed by atoms with Crippen molar-refractivity contribution in [3.05, 3.63) is 33.8 Å². The highest BCUT2D eigenvalue weighted by molar-refractivity contribution is 6.35. The second-order valence-corrected chi connectivity index (χ2v) is 9.28. The zero-order valence-electron chi connectivity index (χ0n) is 14.8. The van der Waals surface area contributed by atoms with E-state index in [0.717, 1.165) is 25.8 Å². The summed E-state index contributed by atoms with van der Waals surface area (Å²) in [5.41, 5.74) is 0.565. The van der Waals surface area contributed by atoms with E-state index < -0.39 is 5.97 Å². The van der Waals surface area contributed by atoms with Crippen molar-refractivity contribution in [2.45, 2.75) is 46.1 Å². The van der Waals surface area contributed by atoms with Crippen LogP contribution in [0.15, 0.2) is 18.2 Å². The first-order chi connectivity index (χ1) is 11.6. The lowest BCUT2D eigenvalue weighted by Crippen LogP contribution is -2.39. The monoisotopic (exact) mass is 383 g/mol. The summed E-state index contributed by atoms with van der Waals surface area (Å²) in [6.07, 6.45) is 3.12. The molecule has 25 heavy (non-hydrogen) atoms. The maximum Gasteiger partial charge on any atom is 0.340 e. The average molecular weight is 384 g/mol. The lowest BCUT2D eigenvalue weighted by Gasteiger charge is -2.39. The van der Waals surface area contributed by atoms with E-state index in [1.807, 2.05) is 4.90 Å². The van der Waals surface area contributed by atoms with Crippen molar-refractivity contribution in [1.82, 2.24) is 4.90 Å². The predicted molar refractivity (Wildman–Crippen MR) is 98.0 cm³/mol. The van der Waals surface area contributed by atoms with E-state index in [4.69, 9.17) is 27.9 Å². The number of carbonyl (C=O) groups excluding carboxylic acids is 2. The molecule has 2 fully saturated rings. The zero-order chi connectivity index (χ0) is 18.4. The van der Waals surface area contributed by atoms with E-state index >= 15 is 0 Å². The molecular formula is C19H23Cl2NO3. The van der Waals surface area contributed by atoms with Gasteiger partial charge < -0.3 is 9.64 Å². The molecule has 3 rings (SSSR count). The molecule has 1 aliphatic carbocycles. The first-order valence-corrected chi connectivity index (χ1v) is 9.26. The molecule has 0 radical (unpaired) electrons.